The van der Waals surface area contributed by atoms with Crippen LogP contribution in [0.4, 0.5) is 0 Å². The number of H-pyrrole nitrogens is 4. The van der Waals surface area contributed by atoms with Crippen LogP contribution >= 0.6 is 0 Å². The maximum atomic E-state index is 13.0. The van der Waals surface area contributed by atoms with Crippen LogP contribution in [0.25, 0.3) is 0 Å². The van der Waals surface area contributed by atoms with Crippen molar-refractivity contribution in [1.29, 1.82) is 0 Å². The van der Waals surface area contributed by atoms with Crippen LogP contribution in [0.5, 0.6) is 0 Å². The van der Waals surface area contributed by atoms with E-state index in [0.29, 0.717) is 22.8 Å². The van der Waals surface area contributed by atoms with Crippen molar-refractivity contribution in [2.24, 2.45) is 0 Å². The Morgan fingerprint density at radius 3 is 0.763 bits per heavy atom. The SMILES string of the molecule is [2H]n1cc(COCC(=O)NCCNC(=O)CCN(CCC(=O)NCCNC(=O)COCc2cn([2H])nn2)CCN(CCC(=O)NCCNC(=O)COCc2cn([2H])nn2)CCC(=O)NCCNC(=O)COCc2cn([2H])nn2)nn1. The van der Waals surface area contributed by atoms with Crippen molar-refractivity contribution in [3.05, 3.63) is 47.6 Å². The highest BCUT2D eigenvalue weighted by atomic mass is 16.5. The normalized spacial score (nSPS) is 11.8. The molecule has 418 valence electrons. The van der Waals surface area contributed by atoms with Crippen LogP contribution in [0, 0.1) is 0 Å². The Morgan fingerprint density at radius 1 is 0.355 bits per heavy atom. The van der Waals surface area contributed by atoms with Crippen molar-refractivity contribution in [2.75, 3.05) is 118 Å². The molecule has 0 aliphatic rings. The molecule has 0 aliphatic heterocycles. The average Bonchev–Trinajstić information content (AvgIpc) is 4.26. The molecule has 0 saturated carbocycles. The summed E-state index contributed by atoms with van der Waals surface area (Å²) in [7, 11) is 0. The monoisotopic (exact) mass is 1080 g/mol. The van der Waals surface area contributed by atoms with E-state index in [9.17, 15) is 38.4 Å². The van der Waals surface area contributed by atoms with Gasteiger partial charge in [-0.05, 0) is 0 Å². The second-order valence-electron chi connectivity index (χ2n) is 16.2. The van der Waals surface area contributed by atoms with E-state index in [1.54, 1.807) is 0 Å². The van der Waals surface area contributed by atoms with E-state index in [4.69, 9.17) is 24.6 Å². The molecule has 4 rings (SSSR count). The van der Waals surface area contributed by atoms with Gasteiger partial charge in [-0.25, -0.2) is 0 Å². The largest absolute Gasteiger partial charge is 0.365 e. The minimum Gasteiger partial charge on any atom is -0.365 e. The van der Waals surface area contributed by atoms with Gasteiger partial charge in [0.05, 0.1) is 26.4 Å². The summed E-state index contributed by atoms with van der Waals surface area (Å²) in [4.78, 5) is 105. The van der Waals surface area contributed by atoms with Crippen molar-refractivity contribution in [3.8, 4) is 0 Å². The maximum Gasteiger partial charge on any atom is 0.246 e. The summed E-state index contributed by atoms with van der Waals surface area (Å²) in [5, 5.41) is 53.2. The number of aromatic nitrogens is 12. The number of aromatic amines is 4. The van der Waals surface area contributed by atoms with Crippen LogP contribution in [-0.4, -0.2) is 237 Å². The summed E-state index contributed by atoms with van der Waals surface area (Å²) in [6.07, 6.45) is 5.34. The van der Waals surface area contributed by atoms with Crippen LogP contribution in [0.3, 0.4) is 0 Å². The standard InChI is InChI=1S/C42H68N22O12/c65-35(43-5-9-47-39(69)27-73-23-31-19-51-59-55-31)1-13-63(14-2-36(66)44-6-10-48-40(70)28-74-24-32-20-52-60-56-32)17-18-64(15-3-37(67)45-7-11-49-41(71)29-75-25-33-21-53-61-57-33)16-4-38(68)46-8-12-50-42(72)30-76-26-34-22-54-62-58-34/h19-22H,1-18,23-30H2,(H,43,65)(H,44,66)(H,45,67)(H,46,68)(H,47,69)(H,48,70)(H,49,71)(H,50,72)(H,51,55,59)(H,52,56,60)(H,53,57,61)(H,54,58,62)/i/hD4. The molecular weight excluding hydrogens is 1000 g/mol. The van der Waals surface area contributed by atoms with Crippen molar-refractivity contribution >= 4 is 47.3 Å². The number of carbonyl (C=O) groups excluding carboxylic acids is 8. The summed E-state index contributed by atoms with van der Waals surface area (Å²) in [6.45, 7) is 1.000. The van der Waals surface area contributed by atoms with Gasteiger partial charge in [0.2, 0.25) is 47.3 Å². The van der Waals surface area contributed by atoms with Gasteiger partial charge in [-0.1, -0.05) is 20.9 Å². The molecule has 4 aromatic rings. The molecule has 34 nitrogen and oxygen atoms in total. The molecule has 4 aromatic heterocycles. The lowest BCUT2D eigenvalue weighted by atomic mass is 10.2. The van der Waals surface area contributed by atoms with Gasteiger partial charge in [0.15, 0.2) is 5.65 Å². The summed E-state index contributed by atoms with van der Waals surface area (Å²) >= 11 is 0. The van der Waals surface area contributed by atoms with E-state index in [-0.39, 0.29) is 194 Å². The third-order valence-electron chi connectivity index (χ3n) is 10.1. The molecule has 0 aliphatic carbocycles. The Labute approximate surface area is 441 Å². The minimum absolute atomic E-state index is 0.00479. The molecule has 0 atom stereocenters. The van der Waals surface area contributed by atoms with Gasteiger partial charge in [-0.15, -0.1) is 20.4 Å². The molecule has 0 spiro atoms. The van der Waals surface area contributed by atoms with Crippen LogP contribution in [0.15, 0.2) is 24.8 Å². The first-order chi connectivity index (χ1) is 38.6. The van der Waals surface area contributed by atoms with Crippen LogP contribution in [-0.2, 0) is 83.7 Å². The summed E-state index contributed by atoms with van der Waals surface area (Å²) in [5.74, 6) is -3.09. The number of nitrogens with one attached hydrogen (secondary N) is 12. The first-order valence-corrected chi connectivity index (χ1v) is 24.1. The molecule has 8 amide bonds. The van der Waals surface area contributed by atoms with E-state index in [1.807, 2.05) is 9.80 Å². The summed E-state index contributed by atoms with van der Waals surface area (Å²) < 4.78 is 50.4. The van der Waals surface area contributed by atoms with E-state index in [0.717, 1.165) is 20.4 Å². The van der Waals surface area contributed by atoms with Crippen molar-refractivity contribution < 1.29 is 63.0 Å². The average molecular weight is 1080 g/mol. The molecular formula is C42H68N22O12. The molecule has 0 aromatic carbocycles. The second kappa shape index (κ2) is 37.8. The molecule has 0 fully saturated rings. The Kier molecular flexibility index (Phi) is 27.0. The van der Waals surface area contributed by atoms with Crippen LogP contribution in [0.2, 0.25) is 5.65 Å². The number of hydrogen-bond acceptors (Lipinski definition) is 22. The minimum atomic E-state index is -0.434. The fourth-order valence-corrected chi connectivity index (χ4v) is 6.23. The number of ether oxygens (including phenoxy) is 4. The van der Waals surface area contributed by atoms with Gasteiger partial charge < -0.3 is 71.3 Å². The molecule has 34 heteroatoms. The Hall–Kier alpha value is -7.92. The van der Waals surface area contributed by atoms with E-state index in [2.05, 4.69) is 83.8 Å². The lowest BCUT2D eigenvalue weighted by Crippen LogP contribution is -2.43. The Morgan fingerprint density at radius 2 is 0.566 bits per heavy atom. The fourth-order valence-electron chi connectivity index (χ4n) is 6.23. The zero-order chi connectivity index (χ0) is 57.7. The third-order valence-corrected chi connectivity index (χ3v) is 10.1. The zero-order valence-electron chi connectivity index (χ0n) is 45.9. The summed E-state index contributed by atoms with van der Waals surface area (Å²) in [6, 6.07) is 0. The van der Waals surface area contributed by atoms with E-state index in [1.165, 1.54) is 24.8 Å². The first kappa shape index (κ1) is 54.3. The quantitative estimate of drug-likeness (QED) is 0.0183. The highest BCUT2D eigenvalue weighted by Gasteiger charge is 2.17. The molecule has 0 radical (unpaired) electrons. The molecule has 0 saturated heterocycles. The number of nitrogens with zero attached hydrogens (tertiary/aromatic N) is 10. The predicted octanol–water partition coefficient (Wildman–Crippen LogP) is -6.58. The number of rotatable bonds is 43. The third kappa shape index (κ3) is 29.7. The fraction of sp³-hybridized carbons (Fsp3) is 0.619. The van der Waals surface area contributed by atoms with Crippen LogP contribution in [0.1, 0.15) is 48.5 Å². The van der Waals surface area contributed by atoms with Crippen LogP contribution < -0.4 is 42.5 Å². The van der Waals surface area contributed by atoms with Crippen molar-refractivity contribution in [2.45, 2.75) is 52.1 Å². The zero-order valence-corrected chi connectivity index (χ0v) is 41.9. The number of carbonyl (C=O) groups is 8. The highest BCUT2D eigenvalue weighted by Crippen LogP contribution is 2.02. The Bertz CT molecular complexity index is 2200. The van der Waals surface area contributed by atoms with E-state index >= 15 is 0 Å². The maximum absolute atomic E-state index is 13.0. The molecule has 0 unspecified atom stereocenters. The predicted molar refractivity (Wildman–Crippen MR) is 260 cm³/mol. The van der Waals surface area contributed by atoms with Gasteiger partial charge in [0.25, 0.3) is 0 Å². The van der Waals surface area contributed by atoms with Crippen molar-refractivity contribution in [3.63, 3.8) is 0 Å². The number of hydrogen-bond donors (Lipinski definition) is 12. The smallest absolute Gasteiger partial charge is 0.246 e. The van der Waals surface area contributed by atoms with Gasteiger partial charge in [0.1, 0.15) is 49.2 Å². The molecule has 12 N–H and O–H groups in total. The lowest BCUT2D eigenvalue weighted by molar-refractivity contribution is -0.127. The van der Waals surface area contributed by atoms with Gasteiger partial charge >= 0.3 is 0 Å². The summed E-state index contributed by atoms with van der Waals surface area (Å²) in [5.41, 5.74) is 1.50. The molecule has 76 heavy (non-hydrogen) atoms. The van der Waals surface area contributed by atoms with Gasteiger partial charge in [-0.3, -0.25) is 58.7 Å². The molecule has 0 bridgehead atoms. The Balaban J connectivity index is 1.25. The van der Waals surface area contributed by atoms with Crippen molar-refractivity contribution in [1.82, 2.24) is 114 Å². The molecule has 4 heterocycles. The van der Waals surface area contributed by atoms with Gasteiger partial charge in [0, 0.05) is 142 Å². The van der Waals surface area contributed by atoms with Gasteiger partial charge in [-0.2, -0.15) is 0 Å². The second-order valence-corrected chi connectivity index (χ2v) is 16.2. The highest BCUT2D eigenvalue weighted by molar-refractivity contribution is 5.80. The topological polar surface area (TPSA) is 442 Å². The number of amides is 8. The van der Waals surface area contributed by atoms with E-state index < -0.39 is 23.6 Å². The lowest BCUT2D eigenvalue weighted by Gasteiger charge is -2.27. The first-order valence-electron chi connectivity index (χ1n) is 25.9.